The highest BCUT2D eigenvalue weighted by Gasteiger charge is 2.23. The lowest BCUT2D eigenvalue weighted by Crippen LogP contribution is -2.52. The van der Waals surface area contributed by atoms with Crippen LogP contribution in [0, 0.1) is 0 Å². The maximum atomic E-state index is 11.5. The normalized spacial score (nSPS) is 20.7. The maximum Gasteiger partial charge on any atom is 0.410 e. The first-order valence-corrected chi connectivity index (χ1v) is 4.88. The molecule has 1 atom stereocenters. The minimum absolute atomic E-state index is 0. The molecule has 1 fully saturated rings. The van der Waals surface area contributed by atoms with Crippen LogP contribution in [0.15, 0.2) is 0 Å². The van der Waals surface area contributed by atoms with E-state index in [1.165, 1.54) is 0 Å². The van der Waals surface area contributed by atoms with Crippen molar-refractivity contribution >= 4 is 18.5 Å². The molecule has 0 saturated carbocycles. The molecular weight excluding hydrogens is 220 g/mol. The molecule has 0 spiro atoms. The number of ether oxygens (including phenoxy) is 2. The van der Waals surface area contributed by atoms with E-state index in [0.29, 0.717) is 19.8 Å². The van der Waals surface area contributed by atoms with Gasteiger partial charge in [-0.15, -0.1) is 12.4 Å². The second-order valence-electron chi connectivity index (χ2n) is 3.35. The molecule has 0 radical (unpaired) electrons. The van der Waals surface area contributed by atoms with Gasteiger partial charge in [-0.05, 0) is 6.92 Å². The first kappa shape index (κ1) is 14.5. The molecular formula is C9H19ClN2O3. The molecule has 1 amide bonds. The highest BCUT2D eigenvalue weighted by Crippen LogP contribution is 2.04. The lowest BCUT2D eigenvalue weighted by atomic mass is 10.2. The van der Waals surface area contributed by atoms with Crippen LogP contribution in [0.5, 0.6) is 0 Å². The summed E-state index contributed by atoms with van der Waals surface area (Å²) in [5.74, 6) is 0. The third-order valence-electron chi connectivity index (χ3n) is 2.25. The van der Waals surface area contributed by atoms with Crippen LogP contribution in [0.2, 0.25) is 0 Å². The number of halogens is 1. The van der Waals surface area contributed by atoms with Crippen molar-refractivity contribution in [3.05, 3.63) is 0 Å². The molecule has 1 heterocycles. The van der Waals surface area contributed by atoms with Gasteiger partial charge in [-0.25, -0.2) is 4.79 Å². The molecule has 1 aliphatic heterocycles. The minimum Gasteiger partial charge on any atom is -0.447 e. The summed E-state index contributed by atoms with van der Waals surface area (Å²) in [6.07, 6.45) is -0.240. The molecule has 0 aromatic heterocycles. The highest BCUT2D eigenvalue weighted by atomic mass is 35.5. The lowest BCUT2D eigenvalue weighted by Gasteiger charge is -2.32. The van der Waals surface area contributed by atoms with Crippen molar-refractivity contribution in [1.29, 1.82) is 0 Å². The molecule has 15 heavy (non-hydrogen) atoms. The van der Waals surface area contributed by atoms with Crippen LogP contribution in [0.3, 0.4) is 0 Å². The second-order valence-corrected chi connectivity index (χ2v) is 3.35. The van der Waals surface area contributed by atoms with E-state index in [0.717, 1.165) is 13.1 Å². The number of amides is 1. The molecule has 1 saturated heterocycles. The number of hydrogen-bond acceptors (Lipinski definition) is 4. The summed E-state index contributed by atoms with van der Waals surface area (Å²) in [4.78, 5) is 13.2. The summed E-state index contributed by atoms with van der Waals surface area (Å²) in [5, 5.41) is 3.21. The zero-order chi connectivity index (χ0) is 10.4. The summed E-state index contributed by atoms with van der Waals surface area (Å²) >= 11 is 0. The number of hydrogen-bond donors (Lipinski definition) is 1. The fraction of sp³-hybridized carbons (Fsp3) is 0.889. The molecule has 1 N–H and O–H groups in total. The number of carbonyl (C=O) groups excluding carboxylic acids is 1. The largest absolute Gasteiger partial charge is 0.447 e. The maximum absolute atomic E-state index is 11.5. The summed E-state index contributed by atoms with van der Waals surface area (Å²) in [6, 6.07) is 0.207. The standard InChI is InChI=1S/C9H18N2O3.ClH/c1-8-7-10-3-4-11(8)9(12)14-6-5-13-2;/h8,10H,3-7H2,1-2H3;1H/t8-;/m1./s1. The Hall–Kier alpha value is -0.520. The molecule has 5 nitrogen and oxygen atoms in total. The number of nitrogens with one attached hydrogen (secondary N) is 1. The van der Waals surface area contributed by atoms with Crippen molar-refractivity contribution < 1.29 is 14.3 Å². The van der Waals surface area contributed by atoms with Crippen molar-refractivity contribution in [2.45, 2.75) is 13.0 Å². The fourth-order valence-electron chi connectivity index (χ4n) is 1.41. The molecule has 0 aromatic carbocycles. The summed E-state index contributed by atoms with van der Waals surface area (Å²) < 4.78 is 9.82. The third kappa shape index (κ3) is 4.68. The monoisotopic (exact) mass is 238 g/mol. The number of methoxy groups -OCH3 is 1. The van der Waals surface area contributed by atoms with E-state index in [4.69, 9.17) is 9.47 Å². The van der Waals surface area contributed by atoms with Gasteiger partial charge in [0.2, 0.25) is 0 Å². The average molecular weight is 239 g/mol. The van der Waals surface area contributed by atoms with Crippen molar-refractivity contribution in [2.75, 3.05) is 40.0 Å². The molecule has 1 rings (SSSR count). The van der Waals surface area contributed by atoms with E-state index in [-0.39, 0.29) is 24.5 Å². The van der Waals surface area contributed by atoms with Gasteiger partial charge in [0, 0.05) is 32.8 Å². The van der Waals surface area contributed by atoms with Crippen LogP contribution in [-0.4, -0.2) is 57.0 Å². The van der Waals surface area contributed by atoms with Crippen LogP contribution in [-0.2, 0) is 9.47 Å². The summed E-state index contributed by atoms with van der Waals surface area (Å²) in [6.45, 7) is 5.16. The Bertz CT molecular complexity index is 192. The molecule has 6 heteroatoms. The Labute approximate surface area is 96.5 Å². The van der Waals surface area contributed by atoms with Crippen LogP contribution in [0.4, 0.5) is 4.79 Å². The third-order valence-corrected chi connectivity index (χ3v) is 2.25. The van der Waals surface area contributed by atoms with E-state index < -0.39 is 0 Å². The van der Waals surface area contributed by atoms with Crippen molar-refractivity contribution in [3.8, 4) is 0 Å². The second kappa shape index (κ2) is 7.73. The van der Waals surface area contributed by atoms with Crippen LogP contribution < -0.4 is 5.32 Å². The van der Waals surface area contributed by atoms with Crippen molar-refractivity contribution in [2.24, 2.45) is 0 Å². The smallest absolute Gasteiger partial charge is 0.410 e. The number of rotatable bonds is 3. The average Bonchev–Trinajstić information content (AvgIpc) is 2.18. The lowest BCUT2D eigenvalue weighted by molar-refractivity contribution is 0.0581. The molecule has 1 aliphatic rings. The Morgan fingerprint density at radius 1 is 1.53 bits per heavy atom. The van der Waals surface area contributed by atoms with Crippen molar-refractivity contribution in [1.82, 2.24) is 10.2 Å². The molecule has 0 unspecified atom stereocenters. The molecule has 0 bridgehead atoms. The van der Waals surface area contributed by atoms with Crippen LogP contribution in [0.25, 0.3) is 0 Å². The first-order valence-electron chi connectivity index (χ1n) is 4.88. The van der Waals surface area contributed by atoms with Gasteiger partial charge in [0.25, 0.3) is 0 Å². The van der Waals surface area contributed by atoms with Gasteiger partial charge in [0.1, 0.15) is 6.61 Å². The van der Waals surface area contributed by atoms with Gasteiger partial charge in [-0.1, -0.05) is 0 Å². The number of piperazine rings is 1. The Morgan fingerprint density at radius 3 is 2.87 bits per heavy atom. The summed E-state index contributed by atoms with van der Waals surface area (Å²) in [5.41, 5.74) is 0. The SMILES string of the molecule is COCCOC(=O)N1CCNC[C@H]1C.Cl. The predicted octanol–water partition coefficient (Wildman–Crippen LogP) is 0.485. The van der Waals surface area contributed by atoms with Gasteiger partial charge >= 0.3 is 6.09 Å². The summed E-state index contributed by atoms with van der Waals surface area (Å²) in [7, 11) is 1.58. The van der Waals surface area contributed by atoms with Gasteiger partial charge in [0.05, 0.1) is 6.61 Å². The van der Waals surface area contributed by atoms with Crippen LogP contribution >= 0.6 is 12.4 Å². The quantitative estimate of drug-likeness (QED) is 0.727. The van der Waals surface area contributed by atoms with E-state index >= 15 is 0 Å². The molecule has 90 valence electrons. The Kier molecular flexibility index (Phi) is 7.46. The van der Waals surface area contributed by atoms with Crippen LogP contribution in [0.1, 0.15) is 6.92 Å². The van der Waals surface area contributed by atoms with Gasteiger partial charge < -0.3 is 19.7 Å². The zero-order valence-corrected chi connectivity index (χ0v) is 10.0. The van der Waals surface area contributed by atoms with E-state index in [2.05, 4.69) is 5.32 Å². The Balaban J connectivity index is 0.00000196. The minimum atomic E-state index is -0.240. The van der Waals surface area contributed by atoms with Crippen molar-refractivity contribution in [3.63, 3.8) is 0 Å². The van der Waals surface area contributed by atoms with Gasteiger partial charge in [-0.2, -0.15) is 0 Å². The van der Waals surface area contributed by atoms with Gasteiger partial charge in [0.15, 0.2) is 0 Å². The topological polar surface area (TPSA) is 50.8 Å². The number of nitrogens with zero attached hydrogens (tertiary/aromatic N) is 1. The predicted molar refractivity (Wildman–Crippen MR) is 59.5 cm³/mol. The fourth-order valence-corrected chi connectivity index (χ4v) is 1.41. The van der Waals surface area contributed by atoms with Gasteiger partial charge in [-0.3, -0.25) is 0 Å². The Morgan fingerprint density at radius 2 is 2.27 bits per heavy atom. The van der Waals surface area contributed by atoms with E-state index in [1.54, 1.807) is 12.0 Å². The number of carbonyl (C=O) groups is 1. The molecule has 0 aliphatic carbocycles. The molecule has 0 aromatic rings. The van der Waals surface area contributed by atoms with E-state index in [9.17, 15) is 4.79 Å². The highest BCUT2D eigenvalue weighted by molar-refractivity contribution is 5.85. The first-order chi connectivity index (χ1) is 6.75. The zero-order valence-electron chi connectivity index (χ0n) is 9.19. The van der Waals surface area contributed by atoms with E-state index in [1.807, 2.05) is 6.92 Å².